The summed E-state index contributed by atoms with van der Waals surface area (Å²) < 4.78 is 10.7. The fourth-order valence-electron chi connectivity index (χ4n) is 5.33. The van der Waals surface area contributed by atoms with E-state index in [2.05, 4.69) is 29.4 Å². The highest BCUT2D eigenvalue weighted by atomic mass is 16.5. The van der Waals surface area contributed by atoms with Gasteiger partial charge < -0.3 is 30.1 Å². The van der Waals surface area contributed by atoms with Crippen LogP contribution in [-0.4, -0.2) is 105 Å². The number of methoxy groups -OCH3 is 1. The third-order valence-electron chi connectivity index (χ3n) is 7.76. The molecule has 0 saturated carbocycles. The molecule has 0 bridgehead atoms. The van der Waals surface area contributed by atoms with E-state index in [1.165, 1.54) is 0 Å². The van der Waals surface area contributed by atoms with E-state index in [9.17, 15) is 14.7 Å². The van der Waals surface area contributed by atoms with Crippen LogP contribution in [0.25, 0.3) is 0 Å². The van der Waals surface area contributed by atoms with Crippen LogP contribution in [0.3, 0.4) is 0 Å². The van der Waals surface area contributed by atoms with Crippen molar-refractivity contribution >= 4 is 11.8 Å². The molecule has 2 aromatic rings. The van der Waals surface area contributed by atoms with Crippen LogP contribution in [0.15, 0.2) is 42.5 Å². The lowest BCUT2D eigenvalue weighted by Gasteiger charge is -2.27. The third kappa shape index (κ3) is 10.1. The first-order valence-electron chi connectivity index (χ1n) is 15.4. The molecule has 1 aliphatic heterocycles. The molecular formula is C33H50N4O5. The molecule has 0 aromatic heterocycles. The van der Waals surface area contributed by atoms with Crippen molar-refractivity contribution in [2.24, 2.45) is 0 Å². The number of nitrogens with one attached hydrogen (secondary N) is 2. The van der Waals surface area contributed by atoms with Crippen molar-refractivity contribution in [3.05, 3.63) is 64.7 Å². The molecule has 0 radical (unpaired) electrons. The fraction of sp³-hybridized carbons (Fsp3) is 0.576. The molecule has 1 fully saturated rings. The number of carbonyl (C=O) groups excluding carboxylic acids is 2. The van der Waals surface area contributed by atoms with Gasteiger partial charge in [-0.1, -0.05) is 32.0 Å². The largest absolute Gasteiger partial charge is 0.497 e. The summed E-state index contributed by atoms with van der Waals surface area (Å²) >= 11 is 0. The van der Waals surface area contributed by atoms with Gasteiger partial charge in [0, 0.05) is 43.9 Å². The van der Waals surface area contributed by atoms with Gasteiger partial charge in [0.15, 0.2) is 0 Å². The van der Waals surface area contributed by atoms with Crippen LogP contribution >= 0.6 is 0 Å². The predicted molar refractivity (Wildman–Crippen MR) is 166 cm³/mol. The number of hydrogen-bond acceptors (Lipinski definition) is 7. The summed E-state index contributed by atoms with van der Waals surface area (Å²) in [5.74, 6) is 0.394. The maximum atomic E-state index is 13.6. The van der Waals surface area contributed by atoms with Gasteiger partial charge in [0.2, 0.25) is 0 Å². The predicted octanol–water partition coefficient (Wildman–Crippen LogP) is 3.28. The average molecular weight is 583 g/mol. The second-order valence-corrected chi connectivity index (χ2v) is 11.0. The van der Waals surface area contributed by atoms with E-state index in [1.54, 1.807) is 25.3 Å². The number of carbonyl (C=O) groups is 2. The molecule has 2 amide bonds. The monoisotopic (exact) mass is 582 g/mol. The summed E-state index contributed by atoms with van der Waals surface area (Å²) in [6.45, 7) is 12.9. The number of amides is 2. The summed E-state index contributed by atoms with van der Waals surface area (Å²) in [5, 5.41) is 17.7. The third-order valence-corrected chi connectivity index (χ3v) is 7.76. The first-order chi connectivity index (χ1) is 20.4. The van der Waals surface area contributed by atoms with Crippen LogP contribution in [0.1, 0.15) is 65.0 Å². The van der Waals surface area contributed by atoms with Gasteiger partial charge in [0.05, 0.1) is 32.5 Å². The van der Waals surface area contributed by atoms with Crippen molar-refractivity contribution in [3.8, 4) is 5.75 Å². The lowest BCUT2D eigenvalue weighted by molar-refractivity contribution is 0.0373. The Morgan fingerprint density at radius 1 is 1.05 bits per heavy atom. The number of nitrogens with zero attached hydrogens (tertiary/aromatic N) is 2. The summed E-state index contributed by atoms with van der Waals surface area (Å²) in [7, 11) is 1.62. The summed E-state index contributed by atoms with van der Waals surface area (Å²) in [4.78, 5) is 31.2. The van der Waals surface area contributed by atoms with E-state index >= 15 is 0 Å². The standard InChI is InChI=1S/C33H50N4O5/c1-5-16-37(17-6-2)33(40)29-10-7-9-28(25(29)3)32(39)35-30(23-26-11-13-27(41-4)14-12-26)31(38)24-34-15-8-18-36-19-21-42-22-20-36/h7,9-14,30-31,34,38H,5-6,8,15-24H2,1-4H3,(H,35,39)/t30-,31+/m0/s1. The molecule has 3 rings (SSSR count). The van der Waals surface area contributed by atoms with E-state index in [0.717, 1.165) is 70.0 Å². The molecular weight excluding hydrogens is 532 g/mol. The minimum atomic E-state index is -0.811. The Kier molecular flexibility index (Phi) is 14.3. The Bertz CT molecular complexity index is 1100. The maximum absolute atomic E-state index is 13.6. The van der Waals surface area contributed by atoms with Gasteiger partial charge in [-0.15, -0.1) is 0 Å². The molecule has 2 aromatic carbocycles. The van der Waals surface area contributed by atoms with Gasteiger partial charge in [-0.3, -0.25) is 14.5 Å². The molecule has 1 heterocycles. The van der Waals surface area contributed by atoms with Crippen LogP contribution in [0.4, 0.5) is 0 Å². The van der Waals surface area contributed by atoms with Crippen LogP contribution in [0.5, 0.6) is 5.75 Å². The average Bonchev–Trinajstić information content (AvgIpc) is 3.01. The number of morpholine rings is 1. The smallest absolute Gasteiger partial charge is 0.254 e. The molecule has 0 aliphatic carbocycles. The van der Waals surface area contributed by atoms with Gasteiger partial charge in [0.25, 0.3) is 11.8 Å². The zero-order valence-electron chi connectivity index (χ0n) is 25.9. The highest BCUT2D eigenvalue weighted by Gasteiger charge is 2.25. The normalized spacial score (nSPS) is 15.2. The molecule has 9 nitrogen and oxygen atoms in total. The first-order valence-corrected chi connectivity index (χ1v) is 15.4. The molecule has 9 heteroatoms. The molecule has 0 spiro atoms. The van der Waals surface area contributed by atoms with Crippen molar-refractivity contribution in [3.63, 3.8) is 0 Å². The lowest BCUT2D eigenvalue weighted by Crippen LogP contribution is -2.49. The summed E-state index contributed by atoms with van der Waals surface area (Å²) in [6.07, 6.45) is 2.35. The van der Waals surface area contributed by atoms with Crippen molar-refractivity contribution in [2.45, 2.75) is 58.6 Å². The highest BCUT2D eigenvalue weighted by Crippen LogP contribution is 2.19. The number of ether oxygens (including phenoxy) is 2. The number of aliphatic hydroxyl groups is 1. The molecule has 42 heavy (non-hydrogen) atoms. The van der Waals surface area contributed by atoms with E-state index in [-0.39, 0.29) is 11.8 Å². The quantitative estimate of drug-likeness (QED) is 0.246. The van der Waals surface area contributed by atoms with E-state index in [0.29, 0.717) is 42.7 Å². The van der Waals surface area contributed by atoms with Crippen LogP contribution in [0, 0.1) is 6.92 Å². The fourth-order valence-corrected chi connectivity index (χ4v) is 5.33. The van der Waals surface area contributed by atoms with Gasteiger partial charge in [-0.25, -0.2) is 0 Å². The Hall–Kier alpha value is -2.98. The second kappa shape index (κ2) is 17.9. The van der Waals surface area contributed by atoms with Crippen molar-refractivity contribution in [2.75, 3.05) is 66.1 Å². The summed E-state index contributed by atoms with van der Waals surface area (Å²) in [6, 6.07) is 12.4. The highest BCUT2D eigenvalue weighted by molar-refractivity contribution is 6.02. The van der Waals surface area contributed by atoms with Gasteiger partial charge in [0.1, 0.15) is 5.75 Å². The molecule has 3 N–H and O–H groups in total. The molecule has 1 saturated heterocycles. The van der Waals surface area contributed by atoms with E-state index in [1.807, 2.05) is 36.1 Å². The van der Waals surface area contributed by atoms with Gasteiger partial charge in [-0.05, 0) is 81.1 Å². The number of rotatable bonds is 17. The number of aliphatic hydroxyl groups excluding tert-OH is 1. The molecule has 1 aliphatic rings. The Labute approximate surface area is 251 Å². The Morgan fingerprint density at radius 2 is 1.71 bits per heavy atom. The lowest BCUT2D eigenvalue weighted by atomic mass is 9.97. The zero-order chi connectivity index (χ0) is 30.3. The number of benzene rings is 2. The first kappa shape index (κ1) is 33.5. The zero-order valence-corrected chi connectivity index (χ0v) is 25.9. The van der Waals surface area contributed by atoms with E-state index < -0.39 is 12.1 Å². The Balaban J connectivity index is 1.69. The van der Waals surface area contributed by atoms with Crippen LogP contribution < -0.4 is 15.4 Å². The minimum absolute atomic E-state index is 0.0538. The minimum Gasteiger partial charge on any atom is -0.497 e. The molecule has 2 atom stereocenters. The topological polar surface area (TPSA) is 103 Å². The number of hydrogen-bond donors (Lipinski definition) is 3. The van der Waals surface area contributed by atoms with Crippen LogP contribution in [0.2, 0.25) is 0 Å². The van der Waals surface area contributed by atoms with Gasteiger partial charge >= 0.3 is 0 Å². The second-order valence-electron chi connectivity index (χ2n) is 11.0. The van der Waals surface area contributed by atoms with E-state index in [4.69, 9.17) is 9.47 Å². The van der Waals surface area contributed by atoms with Gasteiger partial charge in [-0.2, -0.15) is 0 Å². The van der Waals surface area contributed by atoms with Crippen LogP contribution in [-0.2, 0) is 11.2 Å². The maximum Gasteiger partial charge on any atom is 0.254 e. The SMILES string of the molecule is CCCN(CCC)C(=O)c1cccc(C(=O)N[C@@H](Cc2ccc(OC)cc2)[C@H](O)CNCCCN2CCOCC2)c1C. The molecule has 0 unspecified atom stereocenters. The van der Waals surface area contributed by atoms with Crippen molar-refractivity contribution in [1.82, 2.24) is 20.4 Å². The Morgan fingerprint density at radius 3 is 2.36 bits per heavy atom. The molecule has 232 valence electrons. The van der Waals surface area contributed by atoms with Crippen molar-refractivity contribution < 1.29 is 24.2 Å². The van der Waals surface area contributed by atoms with Crippen molar-refractivity contribution in [1.29, 1.82) is 0 Å². The summed E-state index contributed by atoms with van der Waals surface area (Å²) in [5.41, 5.74) is 2.61.